The van der Waals surface area contributed by atoms with Crippen molar-refractivity contribution in [2.75, 3.05) is 0 Å². The van der Waals surface area contributed by atoms with Crippen molar-refractivity contribution in [1.82, 2.24) is 5.32 Å². The predicted molar refractivity (Wildman–Crippen MR) is 54.6 cm³/mol. The monoisotopic (exact) mass is 255 g/mol. The van der Waals surface area contributed by atoms with E-state index < -0.39 is 29.8 Å². The highest BCUT2D eigenvalue weighted by molar-refractivity contribution is 7.07. The second-order valence-corrected chi connectivity index (χ2v) is 4.25. The van der Waals surface area contributed by atoms with Crippen molar-refractivity contribution in [2.24, 2.45) is 0 Å². The van der Waals surface area contributed by atoms with Crippen LogP contribution in [0, 0.1) is 0 Å². The number of carboxylic acid groups (broad SMARTS) is 2. The van der Waals surface area contributed by atoms with Gasteiger partial charge in [0.25, 0.3) is 0 Å². The number of amides is 1. The molecule has 0 aliphatic carbocycles. The molecule has 0 atom stereocenters. The Morgan fingerprint density at radius 1 is 1.35 bits per heavy atom. The average molecular weight is 255 g/mol. The van der Waals surface area contributed by atoms with E-state index in [0.29, 0.717) is 5.56 Å². The van der Waals surface area contributed by atoms with Crippen molar-refractivity contribution in [3.8, 4) is 0 Å². The summed E-state index contributed by atoms with van der Waals surface area (Å²) in [6, 6.07) is 1.56. The summed E-state index contributed by atoms with van der Waals surface area (Å²) < 4.78 is 0. The van der Waals surface area contributed by atoms with Crippen LogP contribution < -0.4 is 15.5 Å². The van der Waals surface area contributed by atoms with E-state index in [0.717, 1.165) is 6.92 Å². The van der Waals surface area contributed by atoms with Gasteiger partial charge in [-0.25, -0.2) is 0 Å². The topological polar surface area (TPSA) is 109 Å². The summed E-state index contributed by atoms with van der Waals surface area (Å²) in [7, 11) is 0. The van der Waals surface area contributed by atoms with Gasteiger partial charge in [0.15, 0.2) is 0 Å². The van der Waals surface area contributed by atoms with Crippen molar-refractivity contribution in [1.29, 1.82) is 0 Å². The number of carboxylic acids is 2. The molecule has 0 aliphatic rings. The van der Waals surface area contributed by atoms with Crippen LogP contribution in [0.25, 0.3) is 0 Å². The summed E-state index contributed by atoms with van der Waals surface area (Å²) in [6.07, 6.45) is -0.416. The molecule has 1 aromatic heterocycles. The SMILES string of the molecule is CC(=O)NC(Cc1ccsc1)(C(=O)[O-])C(=O)[O-]. The fraction of sp³-hybridized carbons (Fsp3) is 0.300. The van der Waals surface area contributed by atoms with Crippen molar-refractivity contribution < 1.29 is 24.6 Å². The van der Waals surface area contributed by atoms with Gasteiger partial charge in [0.2, 0.25) is 5.91 Å². The normalized spacial score (nSPS) is 10.9. The van der Waals surface area contributed by atoms with E-state index in [1.165, 1.54) is 11.3 Å². The van der Waals surface area contributed by atoms with E-state index in [2.05, 4.69) is 0 Å². The maximum Gasteiger partial charge on any atom is 0.217 e. The molecule has 0 bridgehead atoms. The van der Waals surface area contributed by atoms with E-state index >= 15 is 0 Å². The maximum absolute atomic E-state index is 11.0. The first kappa shape index (κ1) is 13.2. The lowest BCUT2D eigenvalue weighted by molar-refractivity contribution is -0.335. The molecule has 7 heteroatoms. The van der Waals surface area contributed by atoms with Crippen LogP contribution in [0.2, 0.25) is 0 Å². The van der Waals surface area contributed by atoms with Crippen LogP contribution in [0.15, 0.2) is 16.8 Å². The van der Waals surface area contributed by atoms with E-state index in [-0.39, 0.29) is 0 Å². The molecule has 0 spiro atoms. The quantitative estimate of drug-likeness (QED) is 0.593. The molecule has 1 amide bonds. The fourth-order valence-corrected chi connectivity index (χ4v) is 2.04. The molecule has 0 aliphatic heterocycles. The van der Waals surface area contributed by atoms with Crippen molar-refractivity contribution in [3.63, 3.8) is 0 Å². The number of rotatable bonds is 5. The standard InChI is InChI=1S/C10H11NO5S/c1-6(12)11-10(8(13)14,9(15)16)4-7-2-3-17-5-7/h2-3,5H,4H2,1H3,(H,11,12)(H,13,14)(H,15,16)/p-2. The number of nitrogens with one attached hydrogen (secondary N) is 1. The van der Waals surface area contributed by atoms with Gasteiger partial charge in [-0.15, -0.1) is 0 Å². The second-order valence-electron chi connectivity index (χ2n) is 3.47. The van der Waals surface area contributed by atoms with Crippen molar-refractivity contribution >= 4 is 29.2 Å². The molecule has 0 saturated heterocycles. The first-order chi connectivity index (χ1) is 7.88. The molecule has 1 rings (SSSR count). The first-order valence-corrected chi connectivity index (χ1v) is 5.55. The first-order valence-electron chi connectivity index (χ1n) is 4.61. The maximum atomic E-state index is 11.0. The third-order valence-corrected chi connectivity index (χ3v) is 2.87. The average Bonchev–Trinajstić information content (AvgIpc) is 2.67. The van der Waals surface area contributed by atoms with Crippen molar-refractivity contribution in [2.45, 2.75) is 18.9 Å². The summed E-state index contributed by atoms with van der Waals surface area (Å²) in [5.41, 5.74) is -2.07. The van der Waals surface area contributed by atoms with Gasteiger partial charge in [-0.2, -0.15) is 11.3 Å². The number of thiophene rings is 1. The molecule has 0 radical (unpaired) electrons. The second kappa shape index (κ2) is 4.96. The zero-order chi connectivity index (χ0) is 13.1. The number of hydrogen-bond donors (Lipinski definition) is 1. The highest BCUT2D eigenvalue weighted by Gasteiger charge is 2.35. The van der Waals surface area contributed by atoms with Gasteiger partial charge in [0.1, 0.15) is 5.54 Å². The Bertz CT molecular complexity index is 426. The fourth-order valence-electron chi connectivity index (χ4n) is 1.37. The van der Waals surface area contributed by atoms with Gasteiger partial charge in [-0.05, 0) is 22.4 Å². The Hall–Kier alpha value is -1.89. The Kier molecular flexibility index (Phi) is 3.84. The minimum absolute atomic E-state index is 0.416. The lowest BCUT2D eigenvalue weighted by Gasteiger charge is -2.36. The molecule has 0 saturated carbocycles. The van der Waals surface area contributed by atoms with Crippen LogP contribution in [0.5, 0.6) is 0 Å². The highest BCUT2D eigenvalue weighted by Crippen LogP contribution is 2.16. The molecular weight excluding hydrogens is 246 g/mol. The minimum atomic E-state index is -2.53. The van der Waals surface area contributed by atoms with E-state index in [1.807, 2.05) is 5.32 Å². The molecule has 0 aromatic carbocycles. The molecule has 1 aromatic rings. The van der Waals surface area contributed by atoms with E-state index in [4.69, 9.17) is 0 Å². The van der Waals surface area contributed by atoms with Gasteiger partial charge in [-0.1, -0.05) is 0 Å². The third kappa shape index (κ3) is 2.82. The number of hydrogen-bond acceptors (Lipinski definition) is 6. The summed E-state index contributed by atoms with van der Waals surface area (Å²) in [5.74, 6) is -4.59. The van der Waals surface area contributed by atoms with E-state index in [9.17, 15) is 24.6 Å². The largest absolute Gasteiger partial charge is 0.547 e. The van der Waals surface area contributed by atoms with Gasteiger partial charge in [0, 0.05) is 13.3 Å². The van der Waals surface area contributed by atoms with Crippen LogP contribution in [0.1, 0.15) is 12.5 Å². The van der Waals surface area contributed by atoms with Crippen molar-refractivity contribution in [3.05, 3.63) is 22.4 Å². The van der Waals surface area contributed by atoms with Crippen LogP contribution >= 0.6 is 11.3 Å². The number of aliphatic carboxylic acids is 2. The Balaban J connectivity index is 3.10. The Morgan fingerprint density at radius 2 is 1.94 bits per heavy atom. The minimum Gasteiger partial charge on any atom is -0.547 e. The molecule has 0 unspecified atom stereocenters. The molecule has 1 heterocycles. The summed E-state index contributed by atoms with van der Waals surface area (Å²) in [5, 5.41) is 27.1. The molecular formula is C10H9NO5S-2. The van der Waals surface area contributed by atoms with Gasteiger partial charge < -0.3 is 25.1 Å². The Morgan fingerprint density at radius 3 is 2.29 bits per heavy atom. The molecule has 17 heavy (non-hydrogen) atoms. The smallest absolute Gasteiger partial charge is 0.217 e. The zero-order valence-electron chi connectivity index (χ0n) is 8.89. The number of carbonyl (C=O) groups is 3. The van der Waals surface area contributed by atoms with Crippen LogP contribution in [0.4, 0.5) is 0 Å². The zero-order valence-corrected chi connectivity index (χ0v) is 9.71. The molecule has 6 nitrogen and oxygen atoms in total. The van der Waals surface area contributed by atoms with E-state index in [1.54, 1.807) is 16.8 Å². The summed E-state index contributed by atoms with van der Waals surface area (Å²) in [6.45, 7) is 1.02. The molecule has 92 valence electrons. The molecule has 0 fully saturated rings. The summed E-state index contributed by atoms with van der Waals surface area (Å²) >= 11 is 1.28. The van der Waals surface area contributed by atoms with Gasteiger partial charge in [-0.3, -0.25) is 4.79 Å². The Labute approximate surface area is 101 Å². The van der Waals surface area contributed by atoms with Crippen LogP contribution in [-0.4, -0.2) is 23.4 Å². The molecule has 1 N–H and O–H groups in total. The summed E-state index contributed by atoms with van der Waals surface area (Å²) in [4.78, 5) is 32.9. The highest BCUT2D eigenvalue weighted by atomic mass is 32.1. The van der Waals surface area contributed by atoms with Gasteiger partial charge in [0.05, 0.1) is 11.9 Å². The lowest BCUT2D eigenvalue weighted by Crippen LogP contribution is -2.69. The lowest BCUT2D eigenvalue weighted by atomic mass is 9.92. The number of carbonyl (C=O) groups excluding carboxylic acids is 3. The van der Waals surface area contributed by atoms with Crippen LogP contribution in [0.3, 0.4) is 0 Å². The van der Waals surface area contributed by atoms with Gasteiger partial charge >= 0.3 is 0 Å². The van der Waals surface area contributed by atoms with Crippen LogP contribution in [-0.2, 0) is 20.8 Å². The third-order valence-electron chi connectivity index (χ3n) is 2.14. The predicted octanol–water partition coefficient (Wildman–Crippen LogP) is -2.33.